The summed E-state index contributed by atoms with van der Waals surface area (Å²) in [7, 11) is 0. The predicted molar refractivity (Wildman–Crippen MR) is 137 cm³/mol. The maximum atomic E-state index is 13.2. The van der Waals surface area contributed by atoms with Crippen LogP contribution in [0.5, 0.6) is 5.75 Å². The molecular weight excluding hydrogens is 572 g/mol. The second-order valence-corrected chi connectivity index (χ2v) is 9.51. The zero-order chi connectivity index (χ0) is 23.4. The van der Waals surface area contributed by atoms with Gasteiger partial charge in [-0.1, -0.05) is 58.0 Å². The van der Waals surface area contributed by atoms with Crippen molar-refractivity contribution in [3.05, 3.63) is 91.6 Å². The molecule has 0 radical (unpaired) electrons. The van der Waals surface area contributed by atoms with Crippen LogP contribution in [0.1, 0.15) is 5.56 Å². The molecule has 2 N–H and O–H groups in total. The van der Waals surface area contributed by atoms with Crippen molar-refractivity contribution in [2.75, 3.05) is 5.75 Å². The molecule has 33 heavy (non-hydrogen) atoms. The largest absolute Gasteiger partial charge is 0.506 e. The molecule has 0 atom stereocenters. The van der Waals surface area contributed by atoms with Gasteiger partial charge in [-0.25, -0.2) is 10.4 Å². The Kier molecular flexibility index (Phi) is 7.26. The van der Waals surface area contributed by atoms with Gasteiger partial charge >= 0.3 is 0 Å². The van der Waals surface area contributed by atoms with Gasteiger partial charge in [0.1, 0.15) is 5.75 Å². The summed E-state index contributed by atoms with van der Waals surface area (Å²) in [5.41, 5.74) is 3.88. The number of hydrogen-bond donors (Lipinski definition) is 2. The van der Waals surface area contributed by atoms with Crippen LogP contribution in [-0.2, 0) is 4.79 Å². The van der Waals surface area contributed by atoms with Crippen molar-refractivity contribution in [3.63, 3.8) is 0 Å². The van der Waals surface area contributed by atoms with Gasteiger partial charge in [-0.05, 0) is 52.3 Å². The number of halogens is 2. The van der Waals surface area contributed by atoms with Gasteiger partial charge < -0.3 is 5.11 Å². The SMILES string of the molecule is O=C(CSc1nc2ccccc2c(=O)n1-c1ccccc1)NN=Cc1cc(Br)cc(Br)c1O. The first-order valence-corrected chi connectivity index (χ1v) is 12.2. The van der Waals surface area contributed by atoms with E-state index in [1.54, 1.807) is 30.3 Å². The lowest BCUT2D eigenvalue weighted by molar-refractivity contribution is -0.118. The van der Waals surface area contributed by atoms with Crippen molar-refractivity contribution in [2.24, 2.45) is 5.10 Å². The van der Waals surface area contributed by atoms with E-state index in [-0.39, 0.29) is 23.0 Å². The van der Waals surface area contributed by atoms with Crippen molar-refractivity contribution >= 4 is 66.6 Å². The normalized spacial score (nSPS) is 11.2. The first-order valence-electron chi connectivity index (χ1n) is 9.64. The van der Waals surface area contributed by atoms with Crippen LogP contribution in [0, 0.1) is 0 Å². The fourth-order valence-electron chi connectivity index (χ4n) is 3.03. The smallest absolute Gasteiger partial charge is 0.266 e. The van der Waals surface area contributed by atoms with Crippen molar-refractivity contribution < 1.29 is 9.90 Å². The van der Waals surface area contributed by atoms with Gasteiger partial charge in [-0.2, -0.15) is 5.10 Å². The molecule has 1 amide bonds. The van der Waals surface area contributed by atoms with Gasteiger partial charge in [0.2, 0.25) is 0 Å². The topological polar surface area (TPSA) is 96.6 Å². The van der Waals surface area contributed by atoms with E-state index < -0.39 is 0 Å². The average Bonchev–Trinajstić information content (AvgIpc) is 2.81. The number of aromatic hydroxyl groups is 1. The second-order valence-electron chi connectivity index (χ2n) is 6.79. The van der Waals surface area contributed by atoms with E-state index in [0.717, 1.165) is 16.2 Å². The van der Waals surface area contributed by atoms with Crippen LogP contribution in [0.3, 0.4) is 0 Å². The molecule has 1 heterocycles. The van der Waals surface area contributed by atoms with E-state index in [2.05, 4.69) is 47.4 Å². The molecule has 7 nitrogen and oxygen atoms in total. The van der Waals surface area contributed by atoms with E-state index in [1.165, 1.54) is 10.8 Å². The number of hydrogen-bond acceptors (Lipinski definition) is 6. The molecule has 3 aromatic carbocycles. The minimum atomic E-state index is -0.383. The van der Waals surface area contributed by atoms with Crippen molar-refractivity contribution in [1.82, 2.24) is 15.0 Å². The van der Waals surface area contributed by atoms with Gasteiger partial charge in [0, 0.05) is 10.0 Å². The number of hydrazone groups is 1. The zero-order valence-corrected chi connectivity index (χ0v) is 20.9. The van der Waals surface area contributed by atoms with E-state index in [1.807, 2.05) is 36.4 Å². The number of carbonyl (C=O) groups excluding carboxylic acids is 1. The van der Waals surface area contributed by atoms with Crippen LogP contribution >= 0.6 is 43.6 Å². The number of rotatable bonds is 6. The Hall–Kier alpha value is -2.95. The number of nitrogens with one attached hydrogen (secondary N) is 1. The number of para-hydroxylation sites is 2. The minimum Gasteiger partial charge on any atom is -0.506 e. The average molecular weight is 588 g/mol. The number of amides is 1. The van der Waals surface area contributed by atoms with Crippen molar-refractivity contribution in [3.8, 4) is 11.4 Å². The van der Waals surface area contributed by atoms with E-state index in [9.17, 15) is 14.7 Å². The number of fused-ring (bicyclic) bond motifs is 1. The summed E-state index contributed by atoms with van der Waals surface area (Å²) in [6.45, 7) is 0. The molecule has 0 fully saturated rings. The van der Waals surface area contributed by atoms with E-state index in [0.29, 0.717) is 31.8 Å². The Morgan fingerprint density at radius 1 is 1.12 bits per heavy atom. The molecule has 0 saturated heterocycles. The first kappa shape index (κ1) is 23.2. The number of carbonyl (C=O) groups is 1. The molecule has 0 bridgehead atoms. The van der Waals surface area contributed by atoms with Crippen LogP contribution in [0.25, 0.3) is 16.6 Å². The zero-order valence-electron chi connectivity index (χ0n) is 16.9. The van der Waals surface area contributed by atoms with Gasteiger partial charge in [-0.3, -0.25) is 14.2 Å². The van der Waals surface area contributed by atoms with E-state index in [4.69, 9.17) is 0 Å². The van der Waals surface area contributed by atoms with Crippen LogP contribution in [0.15, 0.2) is 90.7 Å². The van der Waals surface area contributed by atoms with Crippen LogP contribution in [-0.4, -0.2) is 32.5 Å². The number of nitrogens with zero attached hydrogens (tertiary/aromatic N) is 3. The third kappa shape index (κ3) is 5.35. The molecule has 0 aliphatic rings. The molecule has 166 valence electrons. The first-order chi connectivity index (χ1) is 15.9. The lowest BCUT2D eigenvalue weighted by atomic mass is 10.2. The predicted octanol–water partition coefficient (Wildman–Crippen LogP) is 4.86. The number of phenols is 1. The summed E-state index contributed by atoms with van der Waals surface area (Å²) < 4.78 is 2.75. The number of aromatic nitrogens is 2. The third-order valence-corrected chi connectivity index (χ3v) is 6.54. The molecule has 0 unspecified atom stereocenters. The standard InChI is InChI=1S/C23H16Br2N4O3S/c24-15-10-14(21(31)18(25)11-15)12-26-28-20(30)13-33-23-27-19-9-5-4-8-17(19)22(32)29(23)16-6-2-1-3-7-16/h1-12,31H,13H2,(H,28,30). The highest BCUT2D eigenvalue weighted by Gasteiger charge is 2.14. The maximum Gasteiger partial charge on any atom is 0.266 e. The Morgan fingerprint density at radius 3 is 2.64 bits per heavy atom. The Morgan fingerprint density at radius 2 is 1.85 bits per heavy atom. The number of benzene rings is 3. The highest BCUT2D eigenvalue weighted by atomic mass is 79.9. The Bertz CT molecular complexity index is 1420. The Balaban J connectivity index is 1.55. The fraction of sp³-hybridized carbons (Fsp3) is 0.0435. The highest BCUT2D eigenvalue weighted by Crippen LogP contribution is 2.30. The van der Waals surface area contributed by atoms with Crippen molar-refractivity contribution in [2.45, 2.75) is 5.16 Å². The highest BCUT2D eigenvalue weighted by molar-refractivity contribution is 9.11. The second kappa shape index (κ2) is 10.3. The van der Waals surface area contributed by atoms with Crippen molar-refractivity contribution in [1.29, 1.82) is 0 Å². The number of phenolic OH excluding ortho intramolecular Hbond substituents is 1. The monoisotopic (exact) mass is 586 g/mol. The molecule has 0 saturated carbocycles. The van der Waals surface area contributed by atoms with Gasteiger partial charge in [0.25, 0.3) is 11.5 Å². The van der Waals surface area contributed by atoms with Crippen LogP contribution < -0.4 is 11.0 Å². The minimum absolute atomic E-state index is 0.0108. The molecule has 4 aromatic rings. The summed E-state index contributed by atoms with van der Waals surface area (Å²) >= 11 is 7.72. The maximum absolute atomic E-state index is 13.2. The quantitative estimate of drug-likeness (QED) is 0.145. The van der Waals surface area contributed by atoms with Crippen LogP contribution in [0.2, 0.25) is 0 Å². The Labute approximate surface area is 209 Å². The molecular formula is C23H16Br2N4O3S. The van der Waals surface area contributed by atoms with Gasteiger partial charge in [0.05, 0.1) is 33.0 Å². The number of thioether (sulfide) groups is 1. The molecule has 4 rings (SSSR count). The van der Waals surface area contributed by atoms with Gasteiger partial charge in [-0.15, -0.1) is 0 Å². The summed E-state index contributed by atoms with van der Waals surface area (Å²) in [6, 6.07) is 19.6. The molecule has 10 heteroatoms. The third-order valence-electron chi connectivity index (χ3n) is 4.54. The summed E-state index contributed by atoms with van der Waals surface area (Å²) in [5, 5.41) is 14.9. The van der Waals surface area contributed by atoms with E-state index >= 15 is 0 Å². The lowest BCUT2D eigenvalue weighted by Gasteiger charge is -2.12. The molecule has 1 aromatic heterocycles. The molecule has 0 spiro atoms. The molecule has 0 aliphatic carbocycles. The fourth-order valence-corrected chi connectivity index (χ4v) is 5.10. The van der Waals surface area contributed by atoms with Crippen LogP contribution in [0.4, 0.5) is 0 Å². The lowest BCUT2D eigenvalue weighted by Crippen LogP contribution is -2.24. The summed E-state index contributed by atoms with van der Waals surface area (Å²) in [4.78, 5) is 30.2. The molecule has 0 aliphatic heterocycles. The summed E-state index contributed by atoms with van der Waals surface area (Å²) in [6.07, 6.45) is 1.35. The van der Waals surface area contributed by atoms with Gasteiger partial charge in [0.15, 0.2) is 5.16 Å². The summed E-state index contributed by atoms with van der Waals surface area (Å²) in [5.74, 6) is -0.382.